The second kappa shape index (κ2) is 8.14. The minimum atomic E-state index is -0.00965. The maximum Gasteiger partial charge on any atom is 0.161 e. The molecular weight excluding hydrogens is 304 g/mol. The zero-order valence-corrected chi connectivity index (χ0v) is 13.3. The van der Waals surface area contributed by atoms with Crippen molar-refractivity contribution in [2.24, 2.45) is 5.73 Å². The number of ether oxygens (including phenoxy) is 3. The predicted octanol–water partition coefficient (Wildman–Crippen LogP) is 2.99. The highest BCUT2D eigenvalue weighted by atomic mass is 35.5. The quantitative estimate of drug-likeness (QED) is 0.633. The van der Waals surface area contributed by atoms with Crippen LogP contribution in [0.1, 0.15) is 11.1 Å². The van der Waals surface area contributed by atoms with Crippen molar-refractivity contribution in [3.63, 3.8) is 0 Å². The molecule has 6 heteroatoms. The van der Waals surface area contributed by atoms with Crippen molar-refractivity contribution < 1.29 is 14.2 Å². The molecule has 0 aliphatic rings. The van der Waals surface area contributed by atoms with E-state index in [1.165, 1.54) is 0 Å². The van der Waals surface area contributed by atoms with Gasteiger partial charge in [0.25, 0.3) is 0 Å². The normalized spacial score (nSPS) is 9.55. The molecule has 5 nitrogen and oxygen atoms in total. The third-order valence-corrected chi connectivity index (χ3v) is 3.05. The van der Waals surface area contributed by atoms with Crippen molar-refractivity contribution in [2.75, 3.05) is 14.2 Å². The van der Waals surface area contributed by atoms with E-state index in [0.717, 1.165) is 11.3 Å². The number of hydrogen-bond acceptors (Lipinski definition) is 4. The topological polar surface area (TPSA) is 77.6 Å². The Labute approximate surface area is 135 Å². The summed E-state index contributed by atoms with van der Waals surface area (Å²) >= 11 is 0. The van der Waals surface area contributed by atoms with Gasteiger partial charge < -0.3 is 19.9 Å². The van der Waals surface area contributed by atoms with Gasteiger partial charge in [0.15, 0.2) is 11.5 Å². The van der Waals surface area contributed by atoms with Crippen LogP contribution in [-0.2, 0) is 6.61 Å². The van der Waals surface area contributed by atoms with Gasteiger partial charge in [0.05, 0.1) is 14.2 Å². The first-order chi connectivity index (χ1) is 10.2. The van der Waals surface area contributed by atoms with Crippen molar-refractivity contribution in [1.29, 1.82) is 5.41 Å². The van der Waals surface area contributed by atoms with Crippen LogP contribution in [0.25, 0.3) is 0 Å². The molecule has 0 heterocycles. The summed E-state index contributed by atoms with van der Waals surface area (Å²) < 4.78 is 16.3. The number of nitrogens with one attached hydrogen (secondary N) is 1. The van der Waals surface area contributed by atoms with Gasteiger partial charge in [-0.2, -0.15) is 0 Å². The molecule has 2 aromatic carbocycles. The van der Waals surface area contributed by atoms with Crippen molar-refractivity contribution in [1.82, 2.24) is 0 Å². The molecule has 3 N–H and O–H groups in total. The fourth-order valence-electron chi connectivity index (χ4n) is 1.93. The molecule has 0 aliphatic heterocycles. The fraction of sp³-hybridized carbons (Fsp3) is 0.188. The van der Waals surface area contributed by atoms with Crippen LogP contribution in [0.4, 0.5) is 0 Å². The number of para-hydroxylation sites is 1. The molecule has 0 fully saturated rings. The minimum absolute atomic E-state index is 0. The van der Waals surface area contributed by atoms with Crippen LogP contribution >= 0.6 is 12.4 Å². The summed E-state index contributed by atoms with van der Waals surface area (Å²) in [7, 11) is 3.18. The summed E-state index contributed by atoms with van der Waals surface area (Å²) in [6.07, 6.45) is 0. The maximum absolute atomic E-state index is 7.43. The van der Waals surface area contributed by atoms with E-state index < -0.39 is 0 Å². The van der Waals surface area contributed by atoms with Gasteiger partial charge in [0.1, 0.15) is 18.2 Å². The first-order valence-electron chi connectivity index (χ1n) is 6.43. The SMILES string of the molecule is COc1ccccc1COc1ccc(C(=N)N)cc1OC.Cl. The Hall–Kier alpha value is -2.40. The third kappa shape index (κ3) is 4.05. The lowest BCUT2D eigenvalue weighted by Crippen LogP contribution is -2.11. The van der Waals surface area contributed by atoms with E-state index in [2.05, 4.69) is 0 Å². The maximum atomic E-state index is 7.43. The van der Waals surface area contributed by atoms with Crippen LogP contribution in [0.2, 0.25) is 0 Å². The second-order valence-corrected chi connectivity index (χ2v) is 4.38. The van der Waals surface area contributed by atoms with Gasteiger partial charge in [-0.25, -0.2) is 0 Å². The van der Waals surface area contributed by atoms with Crippen LogP contribution in [0.5, 0.6) is 17.2 Å². The zero-order valence-electron chi connectivity index (χ0n) is 12.5. The fourth-order valence-corrected chi connectivity index (χ4v) is 1.93. The van der Waals surface area contributed by atoms with Gasteiger partial charge in [-0.1, -0.05) is 18.2 Å². The number of hydrogen-bond donors (Lipinski definition) is 2. The smallest absolute Gasteiger partial charge is 0.161 e. The highest BCUT2D eigenvalue weighted by molar-refractivity contribution is 5.95. The number of amidine groups is 1. The summed E-state index contributed by atoms with van der Waals surface area (Å²) in [6, 6.07) is 12.8. The van der Waals surface area contributed by atoms with E-state index in [9.17, 15) is 0 Å². The molecule has 0 unspecified atom stereocenters. The second-order valence-electron chi connectivity index (χ2n) is 4.38. The molecule has 0 aromatic heterocycles. The van der Waals surface area contributed by atoms with Gasteiger partial charge in [-0.3, -0.25) is 5.41 Å². The third-order valence-electron chi connectivity index (χ3n) is 3.05. The molecule has 0 saturated carbocycles. The van der Waals surface area contributed by atoms with Crippen LogP contribution in [0.15, 0.2) is 42.5 Å². The van der Waals surface area contributed by atoms with E-state index in [4.69, 9.17) is 25.4 Å². The lowest BCUT2D eigenvalue weighted by Gasteiger charge is -2.13. The van der Waals surface area contributed by atoms with Crippen molar-refractivity contribution >= 4 is 18.2 Å². The average Bonchev–Trinajstić information content (AvgIpc) is 2.52. The molecule has 0 bridgehead atoms. The summed E-state index contributed by atoms with van der Waals surface area (Å²) in [5.41, 5.74) is 7.00. The van der Waals surface area contributed by atoms with Gasteiger partial charge >= 0.3 is 0 Å². The molecule has 0 atom stereocenters. The van der Waals surface area contributed by atoms with Gasteiger partial charge in [0, 0.05) is 11.1 Å². The molecule has 118 valence electrons. The largest absolute Gasteiger partial charge is 0.496 e. The monoisotopic (exact) mass is 322 g/mol. The Morgan fingerprint density at radius 1 is 1.00 bits per heavy atom. The molecule has 0 saturated heterocycles. The van der Waals surface area contributed by atoms with E-state index in [1.54, 1.807) is 32.4 Å². The predicted molar refractivity (Wildman–Crippen MR) is 88.6 cm³/mol. The number of nitrogen functional groups attached to an aromatic ring is 1. The Morgan fingerprint density at radius 3 is 2.32 bits per heavy atom. The van der Waals surface area contributed by atoms with Gasteiger partial charge in [-0.15, -0.1) is 12.4 Å². The summed E-state index contributed by atoms with van der Waals surface area (Å²) in [5.74, 6) is 1.90. The zero-order chi connectivity index (χ0) is 15.2. The van der Waals surface area contributed by atoms with Crippen LogP contribution < -0.4 is 19.9 Å². The number of methoxy groups -OCH3 is 2. The Kier molecular flexibility index (Phi) is 6.53. The molecule has 0 radical (unpaired) electrons. The van der Waals surface area contributed by atoms with E-state index >= 15 is 0 Å². The number of halogens is 1. The standard InChI is InChI=1S/C16H18N2O3.ClH/c1-19-13-6-4-3-5-12(13)10-21-14-8-7-11(16(17)18)9-15(14)20-2;/h3-9H,10H2,1-2H3,(H3,17,18);1H. The highest BCUT2D eigenvalue weighted by Gasteiger charge is 2.09. The molecule has 0 amide bonds. The highest BCUT2D eigenvalue weighted by Crippen LogP contribution is 2.29. The molecular formula is C16H19ClN2O3. The number of benzene rings is 2. The van der Waals surface area contributed by atoms with Gasteiger partial charge in [0.2, 0.25) is 0 Å². The summed E-state index contributed by atoms with van der Waals surface area (Å²) in [6.45, 7) is 0.361. The summed E-state index contributed by atoms with van der Waals surface area (Å²) in [4.78, 5) is 0. The van der Waals surface area contributed by atoms with Crippen LogP contribution in [0, 0.1) is 5.41 Å². The molecule has 22 heavy (non-hydrogen) atoms. The number of nitrogens with two attached hydrogens (primary N) is 1. The Bertz CT molecular complexity index is 647. The number of rotatable bonds is 6. The van der Waals surface area contributed by atoms with E-state index in [1.807, 2.05) is 24.3 Å². The summed E-state index contributed by atoms with van der Waals surface area (Å²) in [5, 5.41) is 7.43. The van der Waals surface area contributed by atoms with E-state index in [-0.39, 0.29) is 18.2 Å². The van der Waals surface area contributed by atoms with Crippen LogP contribution in [-0.4, -0.2) is 20.1 Å². The molecule has 0 aliphatic carbocycles. The van der Waals surface area contributed by atoms with Gasteiger partial charge in [-0.05, 0) is 24.3 Å². The molecule has 2 aromatic rings. The van der Waals surface area contributed by atoms with Crippen LogP contribution in [0.3, 0.4) is 0 Å². The average molecular weight is 323 g/mol. The van der Waals surface area contributed by atoms with Crippen molar-refractivity contribution in [3.8, 4) is 17.2 Å². The Balaban J connectivity index is 0.00000242. The minimum Gasteiger partial charge on any atom is -0.496 e. The van der Waals surface area contributed by atoms with Crippen molar-refractivity contribution in [2.45, 2.75) is 6.61 Å². The lowest BCUT2D eigenvalue weighted by molar-refractivity contribution is 0.278. The molecule has 0 spiro atoms. The lowest BCUT2D eigenvalue weighted by atomic mass is 10.2. The van der Waals surface area contributed by atoms with Crippen molar-refractivity contribution in [3.05, 3.63) is 53.6 Å². The van der Waals surface area contributed by atoms with E-state index in [0.29, 0.717) is 23.7 Å². The first-order valence-corrected chi connectivity index (χ1v) is 6.43. The Morgan fingerprint density at radius 2 is 1.68 bits per heavy atom. The molecule has 2 rings (SSSR count). The first kappa shape index (κ1) is 17.7.